The first-order chi connectivity index (χ1) is 20.5. The molecule has 0 radical (unpaired) electrons. The number of anilines is 1. The zero-order chi connectivity index (χ0) is 31.0. The number of hydrogen-bond donors (Lipinski definition) is 3. The van der Waals surface area contributed by atoms with Crippen LogP contribution in [0.1, 0.15) is 43.8 Å². The quantitative estimate of drug-likeness (QED) is 0.127. The number of carbonyl (C=O) groups excluding carboxylic acids is 2. The average Bonchev–Trinajstić information content (AvgIpc) is 2.99. The van der Waals surface area contributed by atoms with Gasteiger partial charge in [0.25, 0.3) is 11.8 Å². The van der Waals surface area contributed by atoms with Crippen LogP contribution < -0.4 is 10.6 Å². The number of nitrogens with zero attached hydrogens (tertiary/aromatic N) is 1. The lowest BCUT2D eigenvalue weighted by Crippen LogP contribution is -2.23. The Kier molecular flexibility index (Phi) is 10.1. The summed E-state index contributed by atoms with van der Waals surface area (Å²) in [6.07, 6.45) is -3.15. The lowest BCUT2D eigenvalue weighted by atomic mass is 10.1. The van der Waals surface area contributed by atoms with Crippen molar-refractivity contribution >= 4 is 35.2 Å². The van der Waals surface area contributed by atoms with Crippen LogP contribution in [0.5, 0.6) is 0 Å². The van der Waals surface area contributed by atoms with Crippen molar-refractivity contribution in [1.82, 2.24) is 10.3 Å². The van der Waals surface area contributed by atoms with E-state index in [0.29, 0.717) is 17.1 Å². The van der Waals surface area contributed by atoms with E-state index in [1.165, 1.54) is 54.4 Å². The van der Waals surface area contributed by atoms with E-state index < -0.39 is 35.3 Å². The second kappa shape index (κ2) is 14.0. The number of benzene rings is 3. The fourth-order valence-electron chi connectivity index (χ4n) is 4.04. The number of thioether (sulfide) groups is 1. The number of aromatic nitrogens is 1. The summed E-state index contributed by atoms with van der Waals surface area (Å²) >= 11 is 1.43. The molecule has 0 saturated carbocycles. The number of carbonyl (C=O) groups is 3. The molecule has 222 valence electrons. The molecule has 0 aliphatic carbocycles. The number of halogens is 4. The molecule has 2 amide bonds. The third-order valence-electron chi connectivity index (χ3n) is 6.15. The van der Waals surface area contributed by atoms with Gasteiger partial charge in [0.15, 0.2) is 0 Å². The Labute approximate surface area is 248 Å². The standard InChI is InChI=1S/C31H25F4N3O4S/c32-24-7-8-26(38-30(42)21-5-1-4-20(13-21)18-43-12-10-28(39)40)25(16-24)27-15-22(9-11-36-27)29(41)37-17-19-3-2-6-23(14-19)31(33,34)35/h1-9,11,13-16H,10,12,17-18H2,(H,37,41)(H,38,42)(H,39,40). The van der Waals surface area contributed by atoms with Crippen LogP contribution in [0.3, 0.4) is 0 Å². The number of amides is 2. The molecule has 0 unspecified atom stereocenters. The van der Waals surface area contributed by atoms with Gasteiger partial charge >= 0.3 is 12.1 Å². The maximum atomic E-state index is 14.3. The summed E-state index contributed by atoms with van der Waals surface area (Å²) in [4.78, 5) is 40.8. The Hall–Kier alpha value is -4.71. The van der Waals surface area contributed by atoms with Crippen molar-refractivity contribution in [2.24, 2.45) is 0 Å². The topological polar surface area (TPSA) is 108 Å². The van der Waals surface area contributed by atoms with Crippen molar-refractivity contribution in [2.75, 3.05) is 11.1 Å². The van der Waals surface area contributed by atoms with Gasteiger partial charge in [0.1, 0.15) is 5.82 Å². The minimum Gasteiger partial charge on any atom is -0.481 e. The van der Waals surface area contributed by atoms with Gasteiger partial charge in [-0.3, -0.25) is 19.4 Å². The molecular formula is C31H25F4N3O4S. The molecule has 4 aromatic rings. The van der Waals surface area contributed by atoms with Crippen LogP contribution in [0.25, 0.3) is 11.3 Å². The third-order valence-corrected chi connectivity index (χ3v) is 7.18. The van der Waals surface area contributed by atoms with Crippen LogP contribution in [-0.4, -0.2) is 33.6 Å². The van der Waals surface area contributed by atoms with Gasteiger partial charge in [-0.15, -0.1) is 0 Å². The molecule has 3 aromatic carbocycles. The van der Waals surface area contributed by atoms with E-state index in [-0.39, 0.29) is 41.0 Å². The Bertz CT molecular complexity index is 1650. The van der Waals surface area contributed by atoms with Crippen molar-refractivity contribution < 1.29 is 37.1 Å². The summed E-state index contributed by atoms with van der Waals surface area (Å²) < 4.78 is 53.3. The second-order valence-corrected chi connectivity index (χ2v) is 10.5. The molecule has 43 heavy (non-hydrogen) atoms. The molecule has 3 N–H and O–H groups in total. The van der Waals surface area contributed by atoms with Gasteiger partial charge in [0, 0.05) is 40.9 Å². The molecule has 7 nitrogen and oxygen atoms in total. The number of carboxylic acids is 1. The minimum atomic E-state index is -4.51. The highest BCUT2D eigenvalue weighted by atomic mass is 32.2. The van der Waals surface area contributed by atoms with Gasteiger partial charge in [-0.1, -0.05) is 24.3 Å². The smallest absolute Gasteiger partial charge is 0.416 e. The molecule has 4 rings (SSSR count). The second-order valence-electron chi connectivity index (χ2n) is 9.35. The SMILES string of the molecule is O=C(O)CCSCc1cccc(C(=O)Nc2ccc(F)cc2-c2cc(C(=O)NCc3cccc(C(F)(F)F)c3)ccn2)c1. The lowest BCUT2D eigenvalue weighted by Gasteiger charge is -2.13. The highest BCUT2D eigenvalue weighted by Gasteiger charge is 2.30. The lowest BCUT2D eigenvalue weighted by molar-refractivity contribution is -0.138. The van der Waals surface area contributed by atoms with E-state index in [1.807, 2.05) is 6.07 Å². The van der Waals surface area contributed by atoms with Crippen LogP contribution in [-0.2, 0) is 23.3 Å². The highest BCUT2D eigenvalue weighted by molar-refractivity contribution is 7.98. The molecule has 0 spiro atoms. The number of aliphatic carboxylic acids is 1. The Morgan fingerprint density at radius 3 is 2.37 bits per heavy atom. The van der Waals surface area contributed by atoms with E-state index in [1.54, 1.807) is 18.2 Å². The largest absolute Gasteiger partial charge is 0.481 e. The Balaban J connectivity index is 1.48. The molecule has 1 heterocycles. The fourth-order valence-corrected chi connectivity index (χ4v) is 4.92. The zero-order valence-electron chi connectivity index (χ0n) is 22.5. The molecule has 0 atom stereocenters. The van der Waals surface area contributed by atoms with E-state index in [0.717, 1.165) is 23.8 Å². The number of hydrogen-bond acceptors (Lipinski definition) is 5. The summed E-state index contributed by atoms with van der Waals surface area (Å²) in [6.45, 7) is -0.154. The first kappa shape index (κ1) is 31.2. The summed E-state index contributed by atoms with van der Waals surface area (Å²) in [5, 5.41) is 14.1. The van der Waals surface area contributed by atoms with Gasteiger partial charge in [0.05, 0.1) is 23.4 Å². The van der Waals surface area contributed by atoms with Crippen LogP contribution in [0.15, 0.2) is 85.1 Å². The van der Waals surface area contributed by atoms with E-state index in [2.05, 4.69) is 15.6 Å². The van der Waals surface area contributed by atoms with Crippen LogP contribution in [0, 0.1) is 5.82 Å². The molecule has 0 saturated heterocycles. The van der Waals surface area contributed by atoms with Crippen molar-refractivity contribution in [3.8, 4) is 11.3 Å². The molecular weight excluding hydrogens is 586 g/mol. The maximum Gasteiger partial charge on any atom is 0.416 e. The summed E-state index contributed by atoms with van der Waals surface area (Å²) in [5.41, 5.74) is 1.36. The minimum absolute atomic E-state index is 0.0326. The third kappa shape index (κ3) is 8.89. The van der Waals surface area contributed by atoms with Crippen molar-refractivity contribution in [3.63, 3.8) is 0 Å². The van der Waals surface area contributed by atoms with Crippen molar-refractivity contribution in [3.05, 3.63) is 119 Å². The maximum absolute atomic E-state index is 14.3. The van der Waals surface area contributed by atoms with Crippen molar-refractivity contribution in [1.29, 1.82) is 0 Å². The molecule has 0 aliphatic heterocycles. The molecule has 12 heteroatoms. The van der Waals surface area contributed by atoms with E-state index in [9.17, 15) is 31.9 Å². The van der Waals surface area contributed by atoms with Gasteiger partial charge in [-0.25, -0.2) is 4.39 Å². The van der Waals surface area contributed by atoms with Crippen LogP contribution in [0.2, 0.25) is 0 Å². The molecule has 0 bridgehead atoms. The molecule has 0 aliphatic rings. The number of nitrogens with one attached hydrogen (secondary N) is 2. The van der Waals surface area contributed by atoms with Gasteiger partial charge in [0.2, 0.25) is 0 Å². The first-order valence-electron chi connectivity index (χ1n) is 12.9. The Morgan fingerprint density at radius 1 is 0.860 bits per heavy atom. The summed E-state index contributed by atoms with van der Waals surface area (Å²) in [7, 11) is 0. The van der Waals surface area contributed by atoms with Crippen LogP contribution >= 0.6 is 11.8 Å². The fraction of sp³-hybridized carbons (Fsp3) is 0.161. The zero-order valence-corrected chi connectivity index (χ0v) is 23.3. The van der Waals surface area contributed by atoms with E-state index in [4.69, 9.17) is 5.11 Å². The monoisotopic (exact) mass is 611 g/mol. The number of pyridine rings is 1. The first-order valence-corrected chi connectivity index (χ1v) is 14.1. The molecule has 0 fully saturated rings. The van der Waals surface area contributed by atoms with Crippen molar-refractivity contribution in [2.45, 2.75) is 24.9 Å². The Morgan fingerprint density at radius 2 is 1.60 bits per heavy atom. The molecule has 1 aromatic heterocycles. The van der Waals surface area contributed by atoms with Gasteiger partial charge < -0.3 is 15.7 Å². The van der Waals surface area contributed by atoms with Gasteiger partial charge in [-0.05, 0) is 65.7 Å². The number of rotatable bonds is 11. The number of carboxylic acid groups (broad SMARTS) is 1. The van der Waals surface area contributed by atoms with E-state index >= 15 is 0 Å². The predicted molar refractivity (Wildman–Crippen MR) is 155 cm³/mol. The van der Waals surface area contributed by atoms with Crippen LogP contribution in [0.4, 0.5) is 23.2 Å². The average molecular weight is 612 g/mol. The predicted octanol–water partition coefficient (Wildman–Crippen LogP) is 6.80. The number of alkyl halides is 3. The normalized spacial score (nSPS) is 11.2. The van der Waals surface area contributed by atoms with Gasteiger partial charge in [-0.2, -0.15) is 24.9 Å². The summed E-state index contributed by atoms with van der Waals surface area (Å²) in [6, 6.07) is 17.9. The summed E-state index contributed by atoms with van der Waals surface area (Å²) in [5.74, 6) is -1.59. The highest BCUT2D eigenvalue weighted by Crippen LogP contribution is 2.30.